The average Bonchev–Trinajstić information content (AvgIpc) is 2.96. The second kappa shape index (κ2) is 8.34. The van der Waals surface area contributed by atoms with Gasteiger partial charge in [0.2, 0.25) is 5.91 Å². The number of nitrogens with zero attached hydrogens (tertiary/aromatic N) is 1. The first kappa shape index (κ1) is 18.4. The summed E-state index contributed by atoms with van der Waals surface area (Å²) < 4.78 is 5.85. The molecule has 3 rings (SSSR count). The number of ether oxygens (including phenoxy) is 1. The van der Waals surface area contributed by atoms with Crippen LogP contribution in [0.4, 0.5) is 0 Å². The molecule has 1 aliphatic rings. The van der Waals surface area contributed by atoms with Gasteiger partial charge in [0.05, 0.1) is 0 Å². The SMILES string of the molecule is CC(C(N)=O)(c1ccc(OCc2ccccc2)cc1)N1CCCNCC1. The van der Waals surface area contributed by atoms with Gasteiger partial charge in [-0.2, -0.15) is 0 Å². The number of nitrogens with one attached hydrogen (secondary N) is 1. The van der Waals surface area contributed by atoms with E-state index in [0.29, 0.717) is 6.61 Å². The summed E-state index contributed by atoms with van der Waals surface area (Å²) in [5.41, 5.74) is 7.03. The number of hydrogen-bond donors (Lipinski definition) is 2. The normalized spacial score (nSPS) is 17.9. The Balaban J connectivity index is 1.74. The van der Waals surface area contributed by atoms with Crippen molar-refractivity contribution in [2.45, 2.75) is 25.5 Å². The Morgan fingerprint density at radius 3 is 2.54 bits per heavy atom. The molecule has 1 fully saturated rings. The van der Waals surface area contributed by atoms with Gasteiger partial charge in [-0.05, 0) is 43.1 Å². The molecule has 0 aromatic heterocycles. The first-order valence-corrected chi connectivity index (χ1v) is 9.13. The first-order chi connectivity index (χ1) is 12.6. The van der Waals surface area contributed by atoms with Crippen molar-refractivity contribution in [1.29, 1.82) is 0 Å². The van der Waals surface area contributed by atoms with E-state index in [2.05, 4.69) is 10.2 Å². The molecule has 0 radical (unpaired) electrons. The molecule has 0 saturated carbocycles. The molecule has 1 atom stereocenters. The van der Waals surface area contributed by atoms with E-state index < -0.39 is 5.54 Å². The van der Waals surface area contributed by atoms with Crippen molar-refractivity contribution >= 4 is 5.91 Å². The highest BCUT2D eigenvalue weighted by Crippen LogP contribution is 2.30. The summed E-state index contributed by atoms with van der Waals surface area (Å²) in [6.45, 7) is 5.91. The molecule has 3 N–H and O–H groups in total. The lowest BCUT2D eigenvalue weighted by atomic mass is 9.88. The Morgan fingerprint density at radius 2 is 1.85 bits per heavy atom. The van der Waals surface area contributed by atoms with E-state index >= 15 is 0 Å². The third kappa shape index (κ3) is 4.06. The predicted molar refractivity (Wildman–Crippen MR) is 103 cm³/mol. The molecule has 5 heteroatoms. The number of rotatable bonds is 6. The number of benzene rings is 2. The molecule has 5 nitrogen and oxygen atoms in total. The second-order valence-corrected chi connectivity index (χ2v) is 6.83. The molecule has 2 aromatic rings. The summed E-state index contributed by atoms with van der Waals surface area (Å²) in [6.07, 6.45) is 1.00. The van der Waals surface area contributed by atoms with Crippen LogP contribution in [0.25, 0.3) is 0 Å². The maximum absolute atomic E-state index is 12.4. The van der Waals surface area contributed by atoms with Crippen LogP contribution in [-0.2, 0) is 16.9 Å². The van der Waals surface area contributed by atoms with E-state index in [1.165, 1.54) is 0 Å². The Morgan fingerprint density at radius 1 is 1.12 bits per heavy atom. The minimum Gasteiger partial charge on any atom is -0.489 e. The van der Waals surface area contributed by atoms with Crippen LogP contribution in [0.1, 0.15) is 24.5 Å². The zero-order valence-electron chi connectivity index (χ0n) is 15.3. The topological polar surface area (TPSA) is 67.6 Å². The van der Waals surface area contributed by atoms with Crippen molar-refractivity contribution in [1.82, 2.24) is 10.2 Å². The lowest BCUT2D eigenvalue weighted by Gasteiger charge is -2.38. The van der Waals surface area contributed by atoms with Crippen LogP contribution < -0.4 is 15.8 Å². The van der Waals surface area contributed by atoms with E-state index in [4.69, 9.17) is 10.5 Å². The fourth-order valence-electron chi connectivity index (χ4n) is 3.39. The quantitative estimate of drug-likeness (QED) is 0.836. The molecular formula is C21H27N3O2. The van der Waals surface area contributed by atoms with Gasteiger partial charge in [-0.3, -0.25) is 9.69 Å². The zero-order valence-corrected chi connectivity index (χ0v) is 15.3. The van der Waals surface area contributed by atoms with Crippen molar-refractivity contribution in [2.24, 2.45) is 5.73 Å². The number of carbonyl (C=O) groups excluding carboxylic acids is 1. The highest BCUT2D eigenvalue weighted by atomic mass is 16.5. The van der Waals surface area contributed by atoms with Crippen molar-refractivity contribution < 1.29 is 9.53 Å². The Bertz CT molecular complexity index is 710. The van der Waals surface area contributed by atoms with E-state index in [-0.39, 0.29) is 5.91 Å². The van der Waals surface area contributed by atoms with Gasteiger partial charge in [-0.15, -0.1) is 0 Å². The number of carbonyl (C=O) groups is 1. The van der Waals surface area contributed by atoms with Crippen LogP contribution in [0.2, 0.25) is 0 Å². The third-order valence-electron chi connectivity index (χ3n) is 5.12. The lowest BCUT2D eigenvalue weighted by molar-refractivity contribution is -0.130. The standard InChI is InChI=1S/C21H27N3O2/c1-21(20(22)25,24-14-5-12-23-13-15-24)18-8-10-19(11-9-18)26-16-17-6-3-2-4-7-17/h2-4,6-11,23H,5,12-16H2,1H3,(H2,22,25). The zero-order chi connectivity index (χ0) is 18.4. The molecular weight excluding hydrogens is 326 g/mol. The summed E-state index contributed by atoms with van der Waals surface area (Å²) >= 11 is 0. The van der Waals surface area contributed by atoms with Crippen LogP contribution in [0.3, 0.4) is 0 Å². The summed E-state index contributed by atoms with van der Waals surface area (Å²) in [5, 5.41) is 3.37. The molecule has 0 spiro atoms. The molecule has 0 bridgehead atoms. The molecule has 2 aromatic carbocycles. The Labute approximate surface area is 155 Å². The van der Waals surface area contributed by atoms with Gasteiger partial charge in [0.25, 0.3) is 0 Å². The van der Waals surface area contributed by atoms with Gasteiger partial charge in [0.15, 0.2) is 0 Å². The maximum Gasteiger partial charge on any atom is 0.242 e. The van der Waals surface area contributed by atoms with Crippen LogP contribution in [-0.4, -0.2) is 37.0 Å². The Kier molecular flexibility index (Phi) is 5.91. The summed E-state index contributed by atoms with van der Waals surface area (Å²) in [6, 6.07) is 17.8. The highest BCUT2D eigenvalue weighted by molar-refractivity contribution is 5.85. The van der Waals surface area contributed by atoms with Crippen molar-refractivity contribution in [3.63, 3.8) is 0 Å². The molecule has 1 aliphatic heterocycles. The van der Waals surface area contributed by atoms with Crippen LogP contribution in [0, 0.1) is 0 Å². The molecule has 1 saturated heterocycles. The smallest absolute Gasteiger partial charge is 0.242 e. The number of hydrogen-bond acceptors (Lipinski definition) is 4. The second-order valence-electron chi connectivity index (χ2n) is 6.83. The molecule has 138 valence electrons. The van der Waals surface area contributed by atoms with E-state index in [1.807, 2.05) is 61.5 Å². The van der Waals surface area contributed by atoms with Gasteiger partial charge < -0.3 is 15.8 Å². The van der Waals surface area contributed by atoms with Gasteiger partial charge in [-0.1, -0.05) is 42.5 Å². The average molecular weight is 353 g/mol. The maximum atomic E-state index is 12.4. The fourth-order valence-corrected chi connectivity index (χ4v) is 3.39. The highest BCUT2D eigenvalue weighted by Gasteiger charge is 2.39. The van der Waals surface area contributed by atoms with Crippen LogP contribution in [0.15, 0.2) is 54.6 Å². The van der Waals surface area contributed by atoms with Gasteiger partial charge in [0, 0.05) is 19.6 Å². The minimum atomic E-state index is -0.815. The lowest BCUT2D eigenvalue weighted by Crippen LogP contribution is -2.54. The number of nitrogens with two attached hydrogens (primary N) is 1. The van der Waals surface area contributed by atoms with Crippen LogP contribution >= 0.6 is 0 Å². The predicted octanol–water partition coefficient (Wildman–Crippen LogP) is 2.26. The minimum absolute atomic E-state index is 0.322. The Hall–Kier alpha value is -2.37. The molecule has 1 heterocycles. The van der Waals surface area contributed by atoms with Gasteiger partial charge >= 0.3 is 0 Å². The monoisotopic (exact) mass is 353 g/mol. The fraction of sp³-hybridized carbons (Fsp3) is 0.381. The molecule has 26 heavy (non-hydrogen) atoms. The van der Waals surface area contributed by atoms with E-state index in [0.717, 1.165) is 49.5 Å². The third-order valence-corrected chi connectivity index (χ3v) is 5.12. The number of amides is 1. The largest absolute Gasteiger partial charge is 0.489 e. The van der Waals surface area contributed by atoms with Crippen LogP contribution in [0.5, 0.6) is 5.75 Å². The molecule has 0 aliphatic carbocycles. The summed E-state index contributed by atoms with van der Waals surface area (Å²) in [5.74, 6) is 0.458. The first-order valence-electron chi connectivity index (χ1n) is 9.13. The molecule has 1 amide bonds. The van der Waals surface area contributed by atoms with Gasteiger partial charge in [0.1, 0.15) is 17.9 Å². The van der Waals surface area contributed by atoms with Gasteiger partial charge in [-0.25, -0.2) is 0 Å². The van der Waals surface area contributed by atoms with E-state index in [9.17, 15) is 4.79 Å². The van der Waals surface area contributed by atoms with Crippen molar-refractivity contribution in [3.8, 4) is 5.75 Å². The summed E-state index contributed by atoms with van der Waals surface area (Å²) in [7, 11) is 0. The van der Waals surface area contributed by atoms with E-state index in [1.54, 1.807) is 0 Å². The molecule has 1 unspecified atom stereocenters. The van der Waals surface area contributed by atoms with Crippen molar-refractivity contribution in [3.05, 3.63) is 65.7 Å². The van der Waals surface area contributed by atoms with Crippen molar-refractivity contribution in [2.75, 3.05) is 26.2 Å². The summed E-state index contributed by atoms with van der Waals surface area (Å²) in [4.78, 5) is 14.5. The number of primary amides is 1.